The largest absolute Gasteiger partial charge is 0.508 e. The standard InChI is InChI=1S/C25H27NO5/c1-18-10-6-3-2-4-9-13-21(26-30-17-19-11-7-5-8-12-19)14-20-15-22(27)16-23(28)24(20)25(29)31-18/h3,5-9,11-16,18,26-28H,2,4,10,17H2,1H3/b6-3?,13-9+,21-14-. The van der Waals surface area contributed by atoms with Crippen molar-refractivity contribution in [1.29, 1.82) is 0 Å². The molecule has 0 amide bonds. The predicted molar refractivity (Wildman–Crippen MR) is 119 cm³/mol. The van der Waals surface area contributed by atoms with Crippen LogP contribution in [0.4, 0.5) is 0 Å². The zero-order valence-electron chi connectivity index (χ0n) is 17.5. The van der Waals surface area contributed by atoms with Crippen LogP contribution in [0.2, 0.25) is 0 Å². The van der Waals surface area contributed by atoms with E-state index in [0.717, 1.165) is 24.5 Å². The summed E-state index contributed by atoms with van der Waals surface area (Å²) in [7, 11) is 0. The Kier molecular flexibility index (Phi) is 7.90. The smallest absolute Gasteiger partial charge is 0.342 e. The Hall–Kier alpha value is -3.51. The monoisotopic (exact) mass is 421 g/mol. The number of cyclic esters (lactones) is 1. The van der Waals surface area contributed by atoms with E-state index in [1.807, 2.05) is 54.6 Å². The van der Waals surface area contributed by atoms with Crippen molar-refractivity contribution in [3.8, 4) is 11.5 Å². The molecule has 162 valence electrons. The second-order valence-electron chi connectivity index (χ2n) is 7.31. The van der Waals surface area contributed by atoms with E-state index in [-0.39, 0.29) is 23.2 Å². The highest BCUT2D eigenvalue weighted by Gasteiger charge is 2.20. The number of phenolic OH excluding ortho intramolecular Hbond substituents is 2. The summed E-state index contributed by atoms with van der Waals surface area (Å²) in [6.07, 6.45) is 11.4. The van der Waals surface area contributed by atoms with Gasteiger partial charge in [-0.3, -0.25) is 10.3 Å². The molecule has 0 saturated carbocycles. The minimum Gasteiger partial charge on any atom is -0.508 e. The lowest BCUT2D eigenvalue weighted by molar-refractivity contribution is 0.0344. The van der Waals surface area contributed by atoms with Crippen LogP contribution in [0.25, 0.3) is 6.08 Å². The molecule has 1 unspecified atom stereocenters. The summed E-state index contributed by atoms with van der Waals surface area (Å²) < 4.78 is 5.49. The second-order valence-corrected chi connectivity index (χ2v) is 7.31. The molecule has 0 aromatic heterocycles. The molecule has 0 radical (unpaired) electrons. The molecular weight excluding hydrogens is 394 g/mol. The molecule has 1 atom stereocenters. The van der Waals surface area contributed by atoms with Crippen LogP contribution in [0.1, 0.15) is 47.7 Å². The first-order valence-corrected chi connectivity index (χ1v) is 10.2. The number of hydroxylamine groups is 1. The lowest BCUT2D eigenvalue weighted by atomic mass is 10.0. The maximum atomic E-state index is 12.7. The van der Waals surface area contributed by atoms with E-state index in [1.54, 1.807) is 13.0 Å². The van der Waals surface area contributed by atoms with Gasteiger partial charge in [0, 0.05) is 12.5 Å². The van der Waals surface area contributed by atoms with Gasteiger partial charge in [-0.15, -0.1) is 0 Å². The van der Waals surface area contributed by atoms with Gasteiger partial charge in [0.05, 0.1) is 12.3 Å². The second kappa shape index (κ2) is 11.0. The van der Waals surface area contributed by atoms with Crippen LogP contribution in [0.15, 0.2) is 72.5 Å². The molecular formula is C25H27NO5. The van der Waals surface area contributed by atoms with Crippen molar-refractivity contribution < 1.29 is 24.6 Å². The van der Waals surface area contributed by atoms with Gasteiger partial charge in [0.25, 0.3) is 0 Å². The number of carbonyl (C=O) groups is 1. The molecule has 3 N–H and O–H groups in total. The summed E-state index contributed by atoms with van der Waals surface area (Å²) in [5.74, 6) is -1.17. The number of hydrogen-bond donors (Lipinski definition) is 3. The van der Waals surface area contributed by atoms with Crippen LogP contribution < -0.4 is 5.48 Å². The van der Waals surface area contributed by atoms with Gasteiger partial charge in [-0.25, -0.2) is 4.79 Å². The van der Waals surface area contributed by atoms with Crippen LogP contribution in [0.3, 0.4) is 0 Å². The number of benzene rings is 2. The van der Waals surface area contributed by atoms with Crippen molar-refractivity contribution in [2.75, 3.05) is 0 Å². The number of allylic oxidation sites excluding steroid dienone is 3. The minimum atomic E-state index is -0.657. The molecule has 3 rings (SSSR count). The average Bonchev–Trinajstić information content (AvgIpc) is 2.72. The average molecular weight is 421 g/mol. The summed E-state index contributed by atoms with van der Waals surface area (Å²) in [5, 5.41) is 20.3. The van der Waals surface area contributed by atoms with Crippen molar-refractivity contribution in [3.05, 3.63) is 89.2 Å². The zero-order valence-corrected chi connectivity index (χ0v) is 17.5. The normalized spacial score (nSPS) is 20.0. The highest BCUT2D eigenvalue weighted by Crippen LogP contribution is 2.30. The van der Waals surface area contributed by atoms with Gasteiger partial charge in [0.2, 0.25) is 0 Å². The number of rotatable bonds is 4. The third-order valence-electron chi connectivity index (χ3n) is 4.66. The fourth-order valence-electron chi connectivity index (χ4n) is 3.12. The number of hydrogen-bond acceptors (Lipinski definition) is 6. The van der Waals surface area contributed by atoms with Crippen LogP contribution in [-0.4, -0.2) is 22.3 Å². The molecule has 0 spiro atoms. The van der Waals surface area contributed by atoms with E-state index >= 15 is 0 Å². The SMILES string of the molecule is CC1CC=CCC/C=C/C(NOCc2ccccc2)=C/c2cc(O)cc(O)c2C(=O)O1. The van der Waals surface area contributed by atoms with Crippen molar-refractivity contribution in [3.63, 3.8) is 0 Å². The number of esters is 1. The lowest BCUT2D eigenvalue weighted by Gasteiger charge is -2.15. The van der Waals surface area contributed by atoms with Crippen LogP contribution in [0.5, 0.6) is 11.5 Å². The highest BCUT2D eigenvalue weighted by molar-refractivity contribution is 5.97. The topological polar surface area (TPSA) is 88.0 Å². The van der Waals surface area contributed by atoms with E-state index in [0.29, 0.717) is 24.3 Å². The molecule has 0 bridgehead atoms. The highest BCUT2D eigenvalue weighted by atomic mass is 16.6. The summed E-state index contributed by atoms with van der Waals surface area (Å²) in [5.41, 5.74) is 4.76. The Bertz CT molecular complexity index is 979. The van der Waals surface area contributed by atoms with Gasteiger partial charge in [-0.1, -0.05) is 48.6 Å². The van der Waals surface area contributed by atoms with E-state index in [9.17, 15) is 15.0 Å². The van der Waals surface area contributed by atoms with E-state index in [4.69, 9.17) is 9.57 Å². The Morgan fingerprint density at radius 2 is 1.87 bits per heavy atom. The maximum Gasteiger partial charge on any atom is 0.342 e. The molecule has 1 aliphatic heterocycles. The first-order valence-electron chi connectivity index (χ1n) is 10.2. The zero-order chi connectivity index (χ0) is 22.1. The number of phenols is 2. The first-order chi connectivity index (χ1) is 15.0. The molecule has 0 saturated heterocycles. The number of nitrogens with one attached hydrogen (secondary N) is 1. The van der Waals surface area contributed by atoms with Gasteiger partial charge in [-0.2, -0.15) is 0 Å². The van der Waals surface area contributed by atoms with Crippen molar-refractivity contribution in [2.45, 2.75) is 38.9 Å². The van der Waals surface area contributed by atoms with Gasteiger partial charge < -0.3 is 14.9 Å². The summed E-state index contributed by atoms with van der Waals surface area (Å²) >= 11 is 0. The van der Waals surface area contributed by atoms with Gasteiger partial charge in [-0.05, 0) is 49.1 Å². The summed E-state index contributed by atoms with van der Waals surface area (Å²) in [6, 6.07) is 12.2. The third kappa shape index (κ3) is 6.76. The van der Waals surface area contributed by atoms with Gasteiger partial charge in [0.15, 0.2) is 0 Å². The summed E-state index contributed by atoms with van der Waals surface area (Å²) in [6.45, 7) is 2.14. The van der Waals surface area contributed by atoms with Crippen LogP contribution >= 0.6 is 0 Å². The summed E-state index contributed by atoms with van der Waals surface area (Å²) in [4.78, 5) is 18.4. The number of ether oxygens (including phenoxy) is 1. The molecule has 6 nitrogen and oxygen atoms in total. The fourth-order valence-corrected chi connectivity index (χ4v) is 3.12. The van der Waals surface area contributed by atoms with E-state index in [2.05, 4.69) is 5.48 Å². The fraction of sp³-hybridized carbons (Fsp3) is 0.240. The van der Waals surface area contributed by atoms with E-state index < -0.39 is 5.97 Å². The molecule has 2 aromatic carbocycles. The Balaban J connectivity index is 1.91. The molecule has 2 aromatic rings. The van der Waals surface area contributed by atoms with E-state index in [1.165, 1.54) is 6.07 Å². The first kappa shape index (κ1) is 22.2. The van der Waals surface area contributed by atoms with Crippen molar-refractivity contribution in [2.24, 2.45) is 0 Å². The van der Waals surface area contributed by atoms with Crippen molar-refractivity contribution in [1.82, 2.24) is 5.48 Å². The van der Waals surface area contributed by atoms with Crippen LogP contribution in [-0.2, 0) is 16.2 Å². The number of fused-ring (bicyclic) bond motifs is 1. The molecule has 1 heterocycles. The molecule has 0 fully saturated rings. The maximum absolute atomic E-state index is 12.7. The Morgan fingerprint density at radius 3 is 2.68 bits per heavy atom. The minimum absolute atomic E-state index is 0.0125. The molecule has 6 heteroatoms. The quantitative estimate of drug-likeness (QED) is 0.366. The Labute approximate surface area is 182 Å². The number of carbonyl (C=O) groups excluding carboxylic acids is 1. The molecule has 31 heavy (non-hydrogen) atoms. The van der Waals surface area contributed by atoms with Crippen molar-refractivity contribution >= 4 is 12.0 Å². The van der Waals surface area contributed by atoms with Gasteiger partial charge >= 0.3 is 5.97 Å². The van der Waals surface area contributed by atoms with Crippen LogP contribution in [0, 0.1) is 0 Å². The number of aromatic hydroxyl groups is 2. The third-order valence-corrected chi connectivity index (χ3v) is 4.66. The lowest BCUT2D eigenvalue weighted by Crippen LogP contribution is -2.16. The Morgan fingerprint density at radius 1 is 1.10 bits per heavy atom. The van der Waals surface area contributed by atoms with Gasteiger partial charge in [0.1, 0.15) is 23.2 Å². The molecule has 1 aliphatic rings. The predicted octanol–water partition coefficient (Wildman–Crippen LogP) is 5.00. The molecule has 0 aliphatic carbocycles.